The minimum Gasteiger partial charge on any atom is -0.353 e. The quantitative estimate of drug-likeness (QED) is 0.423. The smallest absolute Gasteiger partial charge is 0.157 e. The molecule has 0 aliphatic heterocycles. The fraction of sp³-hybridized carbons (Fsp3) is 1.00. The SMILES string of the molecule is CCOC(CCCCN(C)C)OCC. The Morgan fingerprint density at radius 3 is 2.00 bits per heavy atom. The van der Waals surface area contributed by atoms with E-state index in [9.17, 15) is 0 Å². The third-order valence-electron chi connectivity index (χ3n) is 2.00. The lowest BCUT2D eigenvalue weighted by Gasteiger charge is -2.17. The summed E-state index contributed by atoms with van der Waals surface area (Å²) in [5, 5.41) is 0. The topological polar surface area (TPSA) is 21.7 Å². The maximum absolute atomic E-state index is 5.45. The van der Waals surface area contributed by atoms with Gasteiger partial charge in [0, 0.05) is 13.2 Å². The van der Waals surface area contributed by atoms with Gasteiger partial charge in [0.2, 0.25) is 0 Å². The van der Waals surface area contributed by atoms with Crippen molar-refractivity contribution in [2.75, 3.05) is 33.9 Å². The molecular formula is C11H25NO2. The highest BCUT2D eigenvalue weighted by molar-refractivity contribution is 4.50. The molecule has 3 nitrogen and oxygen atoms in total. The van der Waals surface area contributed by atoms with Crippen molar-refractivity contribution >= 4 is 0 Å². The van der Waals surface area contributed by atoms with Crippen LogP contribution in [0.4, 0.5) is 0 Å². The summed E-state index contributed by atoms with van der Waals surface area (Å²) in [6.45, 7) is 6.62. The molecule has 86 valence electrons. The standard InChI is InChI=1S/C11H25NO2/c1-5-13-11(14-6-2)9-7-8-10-12(3)4/h11H,5-10H2,1-4H3. The number of rotatable bonds is 9. The van der Waals surface area contributed by atoms with Gasteiger partial charge in [0.15, 0.2) is 6.29 Å². The third-order valence-corrected chi connectivity index (χ3v) is 2.00. The van der Waals surface area contributed by atoms with Gasteiger partial charge >= 0.3 is 0 Å². The van der Waals surface area contributed by atoms with E-state index in [1.54, 1.807) is 0 Å². The Balaban J connectivity index is 3.40. The van der Waals surface area contributed by atoms with Crippen molar-refractivity contribution in [2.45, 2.75) is 39.4 Å². The molecule has 0 amide bonds. The van der Waals surface area contributed by atoms with Gasteiger partial charge in [0.1, 0.15) is 0 Å². The molecule has 0 aromatic carbocycles. The molecule has 0 unspecified atom stereocenters. The van der Waals surface area contributed by atoms with Crippen molar-refractivity contribution in [3.63, 3.8) is 0 Å². The predicted octanol–water partition coefficient (Wildman–Crippen LogP) is 2.12. The molecule has 14 heavy (non-hydrogen) atoms. The van der Waals surface area contributed by atoms with E-state index >= 15 is 0 Å². The van der Waals surface area contributed by atoms with Crippen LogP contribution in [0.2, 0.25) is 0 Å². The fourth-order valence-electron chi connectivity index (χ4n) is 1.33. The second kappa shape index (κ2) is 9.44. The molecule has 0 saturated heterocycles. The lowest BCUT2D eigenvalue weighted by atomic mass is 10.2. The zero-order valence-corrected chi connectivity index (χ0v) is 10.1. The van der Waals surface area contributed by atoms with Gasteiger partial charge in [-0.1, -0.05) is 0 Å². The molecular weight excluding hydrogens is 178 g/mol. The first kappa shape index (κ1) is 13.9. The van der Waals surface area contributed by atoms with E-state index in [1.807, 2.05) is 13.8 Å². The molecule has 0 bridgehead atoms. The van der Waals surface area contributed by atoms with Crippen LogP contribution in [0.5, 0.6) is 0 Å². The molecule has 0 aromatic heterocycles. The van der Waals surface area contributed by atoms with Crippen molar-refractivity contribution in [1.82, 2.24) is 4.90 Å². The molecule has 0 aliphatic carbocycles. The van der Waals surface area contributed by atoms with E-state index in [1.165, 1.54) is 12.8 Å². The number of unbranched alkanes of at least 4 members (excludes halogenated alkanes) is 1. The van der Waals surface area contributed by atoms with Crippen molar-refractivity contribution in [3.8, 4) is 0 Å². The first-order valence-corrected chi connectivity index (χ1v) is 5.58. The van der Waals surface area contributed by atoms with Crippen LogP contribution in [0.1, 0.15) is 33.1 Å². The molecule has 0 saturated carbocycles. The Morgan fingerprint density at radius 2 is 1.57 bits per heavy atom. The zero-order valence-electron chi connectivity index (χ0n) is 10.1. The van der Waals surface area contributed by atoms with Gasteiger partial charge in [-0.05, 0) is 53.8 Å². The Labute approximate surface area is 88.4 Å². The Bertz CT molecular complexity index is 112. The summed E-state index contributed by atoms with van der Waals surface area (Å²) in [5.74, 6) is 0. The van der Waals surface area contributed by atoms with E-state index in [4.69, 9.17) is 9.47 Å². The molecule has 0 spiro atoms. The summed E-state index contributed by atoms with van der Waals surface area (Å²) in [6.07, 6.45) is 3.40. The Hall–Kier alpha value is -0.120. The largest absolute Gasteiger partial charge is 0.353 e. The number of ether oxygens (including phenoxy) is 2. The van der Waals surface area contributed by atoms with Crippen LogP contribution in [-0.4, -0.2) is 45.0 Å². The lowest BCUT2D eigenvalue weighted by Crippen LogP contribution is -2.18. The predicted molar refractivity (Wildman–Crippen MR) is 59.4 cm³/mol. The summed E-state index contributed by atoms with van der Waals surface area (Å²) in [7, 11) is 4.20. The Morgan fingerprint density at radius 1 is 1.00 bits per heavy atom. The van der Waals surface area contributed by atoms with E-state index in [0.717, 1.165) is 26.2 Å². The lowest BCUT2D eigenvalue weighted by molar-refractivity contribution is -0.140. The highest BCUT2D eigenvalue weighted by Crippen LogP contribution is 2.06. The van der Waals surface area contributed by atoms with Crippen LogP contribution in [0.25, 0.3) is 0 Å². The molecule has 0 N–H and O–H groups in total. The first-order chi connectivity index (χ1) is 6.70. The maximum atomic E-state index is 5.45. The molecule has 0 aliphatic rings. The van der Waals surface area contributed by atoms with E-state index < -0.39 is 0 Å². The van der Waals surface area contributed by atoms with Crippen LogP contribution in [-0.2, 0) is 9.47 Å². The van der Waals surface area contributed by atoms with Crippen molar-refractivity contribution in [2.24, 2.45) is 0 Å². The van der Waals surface area contributed by atoms with Crippen LogP contribution < -0.4 is 0 Å². The average molecular weight is 203 g/mol. The minimum atomic E-state index is 0.00663. The molecule has 0 radical (unpaired) electrons. The van der Waals surface area contributed by atoms with Gasteiger partial charge in [-0.25, -0.2) is 0 Å². The van der Waals surface area contributed by atoms with Gasteiger partial charge in [-0.3, -0.25) is 0 Å². The van der Waals surface area contributed by atoms with Crippen LogP contribution in [0.15, 0.2) is 0 Å². The van der Waals surface area contributed by atoms with Crippen molar-refractivity contribution < 1.29 is 9.47 Å². The van der Waals surface area contributed by atoms with Gasteiger partial charge in [-0.15, -0.1) is 0 Å². The molecule has 0 aromatic rings. The monoisotopic (exact) mass is 203 g/mol. The molecule has 0 rings (SSSR count). The molecule has 0 fully saturated rings. The zero-order chi connectivity index (χ0) is 10.8. The van der Waals surface area contributed by atoms with Crippen LogP contribution in [0, 0.1) is 0 Å². The maximum Gasteiger partial charge on any atom is 0.157 e. The molecule has 0 heterocycles. The van der Waals surface area contributed by atoms with Crippen LogP contribution >= 0.6 is 0 Å². The van der Waals surface area contributed by atoms with Crippen molar-refractivity contribution in [3.05, 3.63) is 0 Å². The highest BCUT2D eigenvalue weighted by atomic mass is 16.7. The van der Waals surface area contributed by atoms with Gasteiger partial charge in [0.25, 0.3) is 0 Å². The van der Waals surface area contributed by atoms with E-state index in [0.29, 0.717) is 0 Å². The number of nitrogens with zero attached hydrogens (tertiary/aromatic N) is 1. The normalized spacial score (nSPS) is 11.6. The summed E-state index contributed by atoms with van der Waals surface area (Å²) in [4.78, 5) is 2.20. The summed E-state index contributed by atoms with van der Waals surface area (Å²) < 4.78 is 10.9. The van der Waals surface area contributed by atoms with Gasteiger partial charge in [0.05, 0.1) is 0 Å². The number of hydrogen-bond acceptors (Lipinski definition) is 3. The van der Waals surface area contributed by atoms with Crippen LogP contribution in [0.3, 0.4) is 0 Å². The Kier molecular flexibility index (Phi) is 9.35. The second-order valence-corrected chi connectivity index (χ2v) is 3.64. The summed E-state index contributed by atoms with van der Waals surface area (Å²) >= 11 is 0. The first-order valence-electron chi connectivity index (χ1n) is 5.58. The average Bonchev–Trinajstić information content (AvgIpc) is 2.12. The van der Waals surface area contributed by atoms with Gasteiger partial charge < -0.3 is 14.4 Å². The summed E-state index contributed by atoms with van der Waals surface area (Å²) in [6, 6.07) is 0. The second-order valence-electron chi connectivity index (χ2n) is 3.64. The third kappa shape index (κ3) is 8.48. The van der Waals surface area contributed by atoms with Gasteiger partial charge in [-0.2, -0.15) is 0 Å². The molecule has 0 atom stereocenters. The highest BCUT2D eigenvalue weighted by Gasteiger charge is 2.06. The summed E-state index contributed by atoms with van der Waals surface area (Å²) in [5.41, 5.74) is 0. The van der Waals surface area contributed by atoms with Crippen molar-refractivity contribution in [1.29, 1.82) is 0 Å². The number of hydrogen-bond donors (Lipinski definition) is 0. The van der Waals surface area contributed by atoms with E-state index in [-0.39, 0.29) is 6.29 Å². The fourth-order valence-corrected chi connectivity index (χ4v) is 1.33. The minimum absolute atomic E-state index is 0.00663. The molecule has 3 heteroatoms. The van der Waals surface area contributed by atoms with E-state index in [2.05, 4.69) is 19.0 Å².